The zero-order valence-electron chi connectivity index (χ0n) is 14.9. The van der Waals surface area contributed by atoms with Gasteiger partial charge >= 0.3 is 6.09 Å². The van der Waals surface area contributed by atoms with Crippen molar-refractivity contribution < 1.29 is 9.53 Å². The van der Waals surface area contributed by atoms with E-state index in [-0.39, 0.29) is 0 Å². The first-order valence-electron chi connectivity index (χ1n) is 8.41. The van der Waals surface area contributed by atoms with Gasteiger partial charge in [-0.25, -0.2) is 9.78 Å². The summed E-state index contributed by atoms with van der Waals surface area (Å²) in [6.07, 6.45) is 1.23. The number of anilines is 2. The fraction of sp³-hybridized carbons (Fsp3) is 0.0500. The normalized spacial score (nSPS) is 11.0. The Morgan fingerprint density at radius 2 is 2.00 bits per heavy atom. The molecule has 8 heteroatoms. The van der Waals surface area contributed by atoms with E-state index in [2.05, 4.69) is 39.0 Å². The summed E-state index contributed by atoms with van der Waals surface area (Å²) in [4.78, 5) is 17.2. The molecule has 0 unspecified atom stereocenters. The number of rotatable bonds is 5. The second-order valence-electron chi connectivity index (χ2n) is 5.73. The van der Waals surface area contributed by atoms with Crippen LogP contribution in [0.25, 0.3) is 21.3 Å². The molecule has 4 aromatic rings. The molecule has 0 fully saturated rings. The average Bonchev–Trinajstić information content (AvgIpc) is 3.38. The van der Waals surface area contributed by atoms with Gasteiger partial charge in [0.25, 0.3) is 0 Å². The number of carbonyl (C=O) groups excluding carboxylic acids is 1. The molecule has 2 heterocycles. The van der Waals surface area contributed by atoms with E-state index in [0.717, 1.165) is 21.2 Å². The highest BCUT2D eigenvalue weighted by atomic mass is 32.1. The van der Waals surface area contributed by atoms with Crippen molar-refractivity contribution in [2.24, 2.45) is 5.10 Å². The second-order valence-corrected chi connectivity index (χ2v) is 7.68. The van der Waals surface area contributed by atoms with Crippen LogP contribution in [-0.4, -0.2) is 24.4 Å². The highest BCUT2D eigenvalue weighted by molar-refractivity contribution is 7.21. The van der Waals surface area contributed by atoms with Crippen molar-refractivity contribution in [3.05, 3.63) is 65.5 Å². The maximum atomic E-state index is 11.6. The van der Waals surface area contributed by atoms with Crippen molar-refractivity contribution in [3.8, 4) is 10.6 Å². The van der Waals surface area contributed by atoms with E-state index in [9.17, 15) is 4.79 Å². The van der Waals surface area contributed by atoms with E-state index >= 15 is 0 Å². The molecule has 0 saturated carbocycles. The molecule has 0 aliphatic carbocycles. The van der Waals surface area contributed by atoms with Crippen LogP contribution in [-0.2, 0) is 4.74 Å². The van der Waals surface area contributed by atoms with Crippen LogP contribution in [0.2, 0.25) is 0 Å². The number of nitrogens with one attached hydrogen (secondary N) is 2. The summed E-state index contributed by atoms with van der Waals surface area (Å²) in [6.45, 7) is 0. The third kappa shape index (κ3) is 3.88. The van der Waals surface area contributed by atoms with Crippen LogP contribution in [0.3, 0.4) is 0 Å². The summed E-state index contributed by atoms with van der Waals surface area (Å²) >= 11 is 2.85. The number of carbonyl (C=O) groups is 1. The number of ether oxygens (including phenoxy) is 1. The van der Waals surface area contributed by atoms with Gasteiger partial charge in [-0.1, -0.05) is 59.9 Å². The van der Waals surface area contributed by atoms with E-state index in [1.54, 1.807) is 17.6 Å². The molecule has 2 N–H and O–H groups in total. The maximum Gasteiger partial charge on any atom is 0.412 e. The van der Waals surface area contributed by atoms with Crippen molar-refractivity contribution in [2.75, 3.05) is 17.9 Å². The van der Waals surface area contributed by atoms with Gasteiger partial charge in [-0.2, -0.15) is 5.10 Å². The summed E-state index contributed by atoms with van der Waals surface area (Å²) < 4.78 is 4.70. The number of amides is 1. The van der Waals surface area contributed by atoms with Gasteiger partial charge < -0.3 is 4.74 Å². The Morgan fingerprint density at radius 1 is 1.14 bits per heavy atom. The molecule has 28 heavy (non-hydrogen) atoms. The molecule has 140 valence electrons. The molecule has 2 aromatic heterocycles. The largest absolute Gasteiger partial charge is 0.453 e. The topological polar surface area (TPSA) is 75.6 Å². The van der Waals surface area contributed by atoms with Crippen molar-refractivity contribution in [1.29, 1.82) is 0 Å². The predicted octanol–water partition coefficient (Wildman–Crippen LogP) is 5.65. The molecule has 0 bridgehead atoms. The fourth-order valence-corrected chi connectivity index (χ4v) is 4.30. The zero-order valence-corrected chi connectivity index (χ0v) is 16.5. The van der Waals surface area contributed by atoms with Crippen molar-refractivity contribution in [2.45, 2.75) is 0 Å². The fourth-order valence-electron chi connectivity index (χ4n) is 2.70. The number of hydrogen-bond acceptors (Lipinski definition) is 7. The minimum Gasteiger partial charge on any atom is -0.453 e. The van der Waals surface area contributed by atoms with Crippen molar-refractivity contribution in [3.63, 3.8) is 0 Å². The van der Waals surface area contributed by atoms with Crippen LogP contribution in [0.15, 0.2) is 65.1 Å². The Hall–Kier alpha value is -3.23. The number of hydrogen-bond donors (Lipinski definition) is 2. The minimum atomic E-state index is -0.535. The van der Waals surface area contributed by atoms with Gasteiger partial charge in [0, 0.05) is 5.56 Å². The van der Waals surface area contributed by atoms with Crippen molar-refractivity contribution in [1.82, 2.24) is 4.98 Å². The number of thiophene rings is 1. The third-order valence-corrected chi connectivity index (χ3v) is 5.72. The summed E-state index contributed by atoms with van der Waals surface area (Å²) in [6, 6.07) is 18.1. The third-order valence-electron chi connectivity index (χ3n) is 3.97. The Labute approximate surface area is 169 Å². The highest BCUT2D eigenvalue weighted by Crippen LogP contribution is 2.38. The first-order valence-corrected chi connectivity index (χ1v) is 10.1. The molecule has 0 spiro atoms. The molecule has 1 amide bonds. The van der Waals surface area contributed by atoms with Gasteiger partial charge in [0.1, 0.15) is 10.7 Å². The number of thiazole rings is 1. The summed E-state index contributed by atoms with van der Waals surface area (Å²) in [7, 11) is 1.33. The van der Waals surface area contributed by atoms with E-state index in [4.69, 9.17) is 4.74 Å². The maximum absolute atomic E-state index is 11.6. The van der Waals surface area contributed by atoms with Crippen LogP contribution >= 0.6 is 22.7 Å². The number of benzene rings is 2. The molecule has 0 radical (unpaired) electrons. The SMILES string of the molecule is COC(=O)Nc1sc(NN=Cc2cccc3ccccc23)nc1-c1cccs1. The van der Waals surface area contributed by atoms with Crippen LogP contribution < -0.4 is 10.7 Å². The van der Waals surface area contributed by atoms with Gasteiger partial charge in [-0.05, 0) is 22.2 Å². The van der Waals surface area contributed by atoms with E-state index in [1.165, 1.54) is 18.4 Å². The van der Waals surface area contributed by atoms with Crippen LogP contribution in [0, 0.1) is 0 Å². The zero-order chi connectivity index (χ0) is 19.3. The molecule has 4 rings (SSSR count). The minimum absolute atomic E-state index is 0.535. The van der Waals surface area contributed by atoms with Gasteiger partial charge in [0.2, 0.25) is 5.13 Å². The smallest absolute Gasteiger partial charge is 0.412 e. The lowest BCUT2D eigenvalue weighted by molar-refractivity contribution is 0.187. The lowest BCUT2D eigenvalue weighted by Crippen LogP contribution is -2.10. The van der Waals surface area contributed by atoms with Crippen molar-refractivity contribution >= 4 is 55.9 Å². The van der Waals surface area contributed by atoms with Crippen LogP contribution in [0.4, 0.5) is 14.9 Å². The first kappa shape index (κ1) is 18.1. The van der Waals surface area contributed by atoms with E-state index in [1.807, 2.05) is 41.8 Å². The quantitative estimate of drug-likeness (QED) is 0.330. The van der Waals surface area contributed by atoms with Gasteiger partial charge in [0.05, 0.1) is 18.2 Å². The number of methoxy groups -OCH3 is 1. The molecular weight excluding hydrogens is 392 g/mol. The average molecular weight is 409 g/mol. The Kier molecular flexibility index (Phi) is 5.31. The molecule has 0 aliphatic heterocycles. The van der Waals surface area contributed by atoms with Gasteiger partial charge in [-0.3, -0.25) is 10.7 Å². The molecular formula is C20H16N4O2S2. The van der Waals surface area contributed by atoms with E-state index in [0.29, 0.717) is 15.8 Å². The molecule has 6 nitrogen and oxygen atoms in total. The summed E-state index contributed by atoms with van der Waals surface area (Å²) in [5.41, 5.74) is 4.66. The molecule has 0 atom stereocenters. The Bertz CT molecular complexity index is 1130. The predicted molar refractivity (Wildman–Crippen MR) is 117 cm³/mol. The highest BCUT2D eigenvalue weighted by Gasteiger charge is 2.16. The van der Waals surface area contributed by atoms with Crippen LogP contribution in [0.1, 0.15) is 5.56 Å². The van der Waals surface area contributed by atoms with Gasteiger partial charge in [-0.15, -0.1) is 11.3 Å². The molecule has 0 aliphatic rings. The standard InChI is InChI=1S/C20H16N4O2S2/c1-26-20(25)23-18-17(16-10-5-11-27-16)22-19(28-18)24-21-12-14-8-4-7-13-6-2-3-9-15(13)14/h2-12H,1H3,(H,22,24)(H,23,25). The first-order chi connectivity index (χ1) is 13.7. The van der Waals surface area contributed by atoms with Crippen LogP contribution in [0.5, 0.6) is 0 Å². The second kappa shape index (κ2) is 8.20. The number of fused-ring (bicyclic) bond motifs is 1. The van der Waals surface area contributed by atoms with E-state index < -0.39 is 6.09 Å². The Balaban J connectivity index is 1.58. The number of aromatic nitrogens is 1. The lowest BCUT2D eigenvalue weighted by atomic mass is 10.1. The molecule has 0 saturated heterocycles. The number of hydrazone groups is 1. The lowest BCUT2D eigenvalue weighted by Gasteiger charge is -2.01. The number of nitrogens with zero attached hydrogens (tertiary/aromatic N) is 2. The summed E-state index contributed by atoms with van der Waals surface area (Å²) in [5.74, 6) is 0. The monoisotopic (exact) mass is 408 g/mol. The summed E-state index contributed by atoms with van der Waals surface area (Å²) in [5, 5.41) is 12.5. The molecule has 2 aromatic carbocycles. The Morgan fingerprint density at radius 3 is 2.82 bits per heavy atom. The van der Waals surface area contributed by atoms with Gasteiger partial charge in [0.15, 0.2) is 0 Å².